The summed E-state index contributed by atoms with van der Waals surface area (Å²) >= 11 is 0. The molecule has 1 aromatic heterocycles. The number of rotatable bonds is 8. The largest absolute Gasteiger partial charge is 0.497 e. The molecule has 0 radical (unpaired) electrons. The van der Waals surface area contributed by atoms with Crippen molar-refractivity contribution in [3.63, 3.8) is 0 Å². The number of hydrogen-bond acceptors (Lipinski definition) is 4. The predicted molar refractivity (Wildman–Crippen MR) is 109 cm³/mol. The topological polar surface area (TPSA) is 63.8 Å². The Morgan fingerprint density at radius 2 is 1.82 bits per heavy atom. The summed E-state index contributed by atoms with van der Waals surface area (Å²) in [5.74, 6) is 1.91. The summed E-state index contributed by atoms with van der Waals surface area (Å²) in [5.41, 5.74) is 2.31. The number of carbonyl (C=O) groups is 1. The van der Waals surface area contributed by atoms with Crippen LogP contribution in [0.3, 0.4) is 0 Å². The van der Waals surface area contributed by atoms with Crippen LogP contribution in [0, 0.1) is 0 Å². The van der Waals surface area contributed by atoms with E-state index in [0.717, 1.165) is 22.2 Å². The van der Waals surface area contributed by atoms with Crippen LogP contribution in [-0.2, 0) is 6.54 Å². The van der Waals surface area contributed by atoms with Gasteiger partial charge >= 0.3 is 0 Å². The van der Waals surface area contributed by atoms with E-state index in [4.69, 9.17) is 14.2 Å². The van der Waals surface area contributed by atoms with Gasteiger partial charge in [0, 0.05) is 30.1 Å². The molecular weight excluding hydrogens is 356 g/mol. The second-order valence-electron chi connectivity index (χ2n) is 6.30. The normalized spacial score (nSPS) is 10.5. The predicted octanol–water partition coefficient (Wildman–Crippen LogP) is 4.02. The molecule has 3 aromatic rings. The molecule has 0 spiro atoms. The van der Waals surface area contributed by atoms with Gasteiger partial charge < -0.3 is 24.1 Å². The fourth-order valence-electron chi connectivity index (χ4n) is 3.09. The molecule has 0 atom stereocenters. The van der Waals surface area contributed by atoms with E-state index < -0.39 is 0 Å². The van der Waals surface area contributed by atoms with Crippen molar-refractivity contribution >= 4 is 16.8 Å². The number of aromatic amines is 1. The Morgan fingerprint density at radius 3 is 2.50 bits per heavy atom. The number of fused-ring (bicyclic) bond motifs is 1. The number of hydrogen-bond donors (Lipinski definition) is 1. The van der Waals surface area contributed by atoms with Crippen molar-refractivity contribution in [2.45, 2.75) is 6.54 Å². The standard InChI is InChI=1S/C22H24N2O4/c1-5-10-24(14-15-6-9-20(27-3)21(11-15)28-4)22(25)19-12-16-7-8-17(26-2)13-18(16)23-19/h5-9,11-13,23H,1,10,14H2,2-4H3. The summed E-state index contributed by atoms with van der Waals surface area (Å²) in [6.07, 6.45) is 1.71. The lowest BCUT2D eigenvalue weighted by Gasteiger charge is -2.21. The molecule has 28 heavy (non-hydrogen) atoms. The molecule has 3 rings (SSSR count). The fourth-order valence-corrected chi connectivity index (χ4v) is 3.09. The van der Waals surface area contributed by atoms with Crippen LogP contribution in [0.25, 0.3) is 10.9 Å². The third-order valence-corrected chi connectivity index (χ3v) is 4.52. The highest BCUT2D eigenvalue weighted by atomic mass is 16.5. The maximum Gasteiger partial charge on any atom is 0.270 e. The zero-order valence-corrected chi connectivity index (χ0v) is 16.3. The smallest absolute Gasteiger partial charge is 0.270 e. The number of nitrogens with zero attached hydrogens (tertiary/aromatic N) is 1. The Balaban J connectivity index is 1.87. The van der Waals surface area contributed by atoms with E-state index >= 15 is 0 Å². The number of H-pyrrole nitrogens is 1. The average molecular weight is 380 g/mol. The van der Waals surface area contributed by atoms with Crippen LogP contribution in [0.5, 0.6) is 17.2 Å². The molecule has 146 valence electrons. The maximum atomic E-state index is 13.1. The molecule has 0 bridgehead atoms. The first kappa shape index (κ1) is 19.4. The Morgan fingerprint density at radius 1 is 1.04 bits per heavy atom. The monoisotopic (exact) mass is 380 g/mol. The van der Waals surface area contributed by atoms with Crippen molar-refractivity contribution < 1.29 is 19.0 Å². The molecule has 1 N–H and O–H groups in total. The van der Waals surface area contributed by atoms with E-state index in [-0.39, 0.29) is 5.91 Å². The minimum Gasteiger partial charge on any atom is -0.497 e. The third kappa shape index (κ3) is 3.96. The highest BCUT2D eigenvalue weighted by Gasteiger charge is 2.18. The lowest BCUT2D eigenvalue weighted by molar-refractivity contribution is 0.0757. The molecule has 0 aliphatic heterocycles. The van der Waals surface area contributed by atoms with Gasteiger partial charge in [0.05, 0.1) is 21.3 Å². The lowest BCUT2D eigenvalue weighted by Crippen LogP contribution is -2.31. The number of carbonyl (C=O) groups excluding carboxylic acids is 1. The number of aromatic nitrogens is 1. The Bertz CT molecular complexity index is 993. The molecule has 0 fully saturated rings. The summed E-state index contributed by atoms with van der Waals surface area (Å²) in [4.78, 5) is 18.0. The number of benzene rings is 2. The average Bonchev–Trinajstić information content (AvgIpc) is 3.15. The van der Waals surface area contributed by atoms with Crippen LogP contribution in [0.15, 0.2) is 55.1 Å². The first-order chi connectivity index (χ1) is 13.6. The van der Waals surface area contributed by atoms with Crippen LogP contribution in [0.4, 0.5) is 0 Å². The van der Waals surface area contributed by atoms with Gasteiger partial charge in [-0.2, -0.15) is 0 Å². The molecule has 1 amide bonds. The van der Waals surface area contributed by atoms with E-state index in [9.17, 15) is 4.79 Å². The van der Waals surface area contributed by atoms with Gasteiger partial charge in [-0.3, -0.25) is 4.79 Å². The Hall–Kier alpha value is -3.41. The molecule has 6 heteroatoms. The highest BCUT2D eigenvalue weighted by Crippen LogP contribution is 2.28. The summed E-state index contributed by atoms with van der Waals surface area (Å²) in [7, 11) is 4.80. The van der Waals surface area contributed by atoms with E-state index in [2.05, 4.69) is 11.6 Å². The minimum absolute atomic E-state index is 0.107. The van der Waals surface area contributed by atoms with E-state index in [1.807, 2.05) is 42.5 Å². The van der Waals surface area contributed by atoms with Gasteiger partial charge in [0.2, 0.25) is 0 Å². The van der Waals surface area contributed by atoms with Crippen LogP contribution < -0.4 is 14.2 Å². The SMILES string of the molecule is C=CCN(Cc1ccc(OC)c(OC)c1)C(=O)c1cc2ccc(OC)cc2[nH]1. The van der Waals surface area contributed by atoms with Gasteiger partial charge in [0.15, 0.2) is 11.5 Å². The number of amides is 1. The van der Waals surface area contributed by atoms with Crippen molar-refractivity contribution in [3.05, 3.63) is 66.4 Å². The molecule has 1 heterocycles. The first-order valence-corrected chi connectivity index (χ1v) is 8.87. The first-order valence-electron chi connectivity index (χ1n) is 8.87. The summed E-state index contributed by atoms with van der Waals surface area (Å²) in [6, 6.07) is 13.1. The number of ether oxygens (including phenoxy) is 3. The van der Waals surface area contributed by atoms with Crippen LogP contribution in [-0.4, -0.2) is 43.7 Å². The second-order valence-corrected chi connectivity index (χ2v) is 6.30. The van der Waals surface area contributed by atoms with Gasteiger partial charge in [0.1, 0.15) is 11.4 Å². The van der Waals surface area contributed by atoms with Crippen molar-refractivity contribution in [3.8, 4) is 17.2 Å². The van der Waals surface area contributed by atoms with Gasteiger partial charge in [0.25, 0.3) is 5.91 Å². The molecular formula is C22H24N2O4. The van der Waals surface area contributed by atoms with E-state index in [1.165, 1.54) is 0 Å². The maximum absolute atomic E-state index is 13.1. The van der Waals surface area contributed by atoms with Gasteiger partial charge in [-0.15, -0.1) is 6.58 Å². The summed E-state index contributed by atoms with van der Waals surface area (Å²) in [5, 5.41) is 0.953. The minimum atomic E-state index is -0.107. The lowest BCUT2D eigenvalue weighted by atomic mass is 10.1. The van der Waals surface area contributed by atoms with Crippen molar-refractivity contribution in [2.75, 3.05) is 27.9 Å². The van der Waals surface area contributed by atoms with Gasteiger partial charge in [-0.25, -0.2) is 0 Å². The van der Waals surface area contributed by atoms with Crippen LogP contribution in [0.1, 0.15) is 16.1 Å². The number of nitrogens with one attached hydrogen (secondary N) is 1. The molecule has 0 unspecified atom stereocenters. The van der Waals surface area contributed by atoms with Crippen molar-refractivity contribution in [1.82, 2.24) is 9.88 Å². The number of methoxy groups -OCH3 is 3. The summed E-state index contributed by atoms with van der Waals surface area (Å²) in [6.45, 7) is 4.62. The molecule has 2 aromatic carbocycles. The Labute approximate surface area is 164 Å². The quantitative estimate of drug-likeness (QED) is 0.600. The fraction of sp³-hybridized carbons (Fsp3) is 0.227. The zero-order chi connectivity index (χ0) is 20.1. The molecule has 0 saturated heterocycles. The van der Waals surface area contributed by atoms with E-state index in [1.54, 1.807) is 32.3 Å². The third-order valence-electron chi connectivity index (χ3n) is 4.52. The second kappa shape index (κ2) is 8.52. The molecule has 6 nitrogen and oxygen atoms in total. The van der Waals surface area contributed by atoms with Crippen molar-refractivity contribution in [1.29, 1.82) is 0 Å². The molecule has 0 aliphatic rings. The summed E-state index contributed by atoms with van der Waals surface area (Å²) < 4.78 is 15.9. The molecule has 0 aliphatic carbocycles. The Kier molecular flexibility index (Phi) is 5.89. The van der Waals surface area contributed by atoms with E-state index in [0.29, 0.717) is 30.3 Å². The highest BCUT2D eigenvalue weighted by molar-refractivity contribution is 5.98. The van der Waals surface area contributed by atoms with Crippen molar-refractivity contribution in [2.24, 2.45) is 0 Å². The molecule has 0 saturated carbocycles. The van der Waals surface area contributed by atoms with Crippen LogP contribution >= 0.6 is 0 Å². The zero-order valence-electron chi connectivity index (χ0n) is 16.3. The van der Waals surface area contributed by atoms with Crippen LogP contribution in [0.2, 0.25) is 0 Å². The van der Waals surface area contributed by atoms with Gasteiger partial charge in [-0.05, 0) is 35.9 Å². The van der Waals surface area contributed by atoms with Gasteiger partial charge in [-0.1, -0.05) is 12.1 Å².